The van der Waals surface area contributed by atoms with Crippen LogP contribution in [0.4, 0.5) is 11.4 Å². The minimum Gasteiger partial charge on any atom is -0.493 e. The van der Waals surface area contributed by atoms with E-state index in [0.717, 1.165) is 11.0 Å². The van der Waals surface area contributed by atoms with E-state index in [1.807, 2.05) is 35.7 Å². The monoisotopic (exact) mass is 530 g/mol. The lowest BCUT2D eigenvalue weighted by Crippen LogP contribution is -2.11. The SMILES string of the molecule is COc1cc(C=Nn2c(-c3cc4ccccc4o3)csc2=Nc2ccccc2[N+](=O)[O-])cc(OC)c1OC. The van der Waals surface area contributed by atoms with Crippen LogP contribution in [0.3, 0.4) is 0 Å². The van der Waals surface area contributed by atoms with Gasteiger partial charge in [-0.15, -0.1) is 11.3 Å². The molecule has 0 fully saturated rings. The number of benzene rings is 3. The molecular weight excluding hydrogens is 508 g/mol. The normalized spacial score (nSPS) is 11.8. The molecule has 38 heavy (non-hydrogen) atoms. The van der Waals surface area contributed by atoms with Crippen molar-refractivity contribution in [1.29, 1.82) is 0 Å². The number of rotatable bonds is 8. The highest BCUT2D eigenvalue weighted by molar-refractivity contribution is 7.07. The molecule has 0 aliphatic carbocycles. The van der Waals surface area contributed by atoms with Crippen LogP contribution < -0.4 is 19.0 Å². The third kappa shape index (κ3) is 4.74. The number of hydrogen-bond acceptors (Lipinski definition) is 9. The number of hydrogen-bond donors (Lipinski definition) is 0. The van der Waals surface area contributed by atoms with E-state index in [1.165, 1.54) is 38.7 Å². The number of para-hydroxylation sites is 3. The molecule has 5 aromatic rings. The van der Waals surface area contributed by atoms with Crippen molar-refractivity contribution in [3.05, 3.63) is 92.6 Å². The number of furan rings is 1. The van der Waals surface area contributed by atoms with Gasteiger partial charge in [-0.25, -0.2) is 9.67 Å². The molecule has 3 aromatic carbocycles. The molecule has 0 saturated heterocycles. The Morgan fingerprint density at radius 3 is 2.37 bits per heavy atom. The summed E-state index contributed by atoms with van der Waals surface area (Å²) in [7, 11) is 4.61. The number of nitro groups is 1. The molecule has 10 nitrogen and oxygen atoms in total. The van der Waals surface area contributed by atoms with E-state index in [1.54, 1.807) is 41.2 Å². The van der Waals surface area contributed by atoms with Crippen molar-refractivity contribution < 1.29 is 23.6 Å². The standard InChI is InChI=1S/C27H22N4O6S/c1-34-24-12-17(13-25(35-2)26(24)36-3)15-28-30-21(23-14-18-8-4-7-11-22(18)37-23)16-38-27(30)29-19-9-5-6-10-20(19)31(32)33/h4-16H,1-3H3. The number of aromatic nitrogens is 1. The Hall–Kier alpha value is -4.90. The molecular formula is C27H22N4O6S. The predicted molar refractivity (Wildman–Crippen MR) is 145 cm³/mol. The summed E-state index contributed by atoms with van der Waals surface area (Å²) in [5.74, 6) is 2.00. The Balaban J connectivity index is 1.68. The largest absolute Gasteiger partial charge is 0.493 e. The second-order valence-corrected chi connectivity index (χ2v) is 8.76. The molecule has 0 aliphatic rings. The van der Waals surface area contributed by atoms with E-state index in [2.05, 4.69) is 10.1 Å². The van der Waals surface area contributed by atoms with Crippen LogP contribution in [0, 0.1) is 10.1 Å². The molecule has 0 amide bonds. The van der Waals surface area contributed by atoms with Gasteiger partial charge in [-0.1, -0.05) is 30.3 Å². The van der Waals surface area contributed by atoms with Crippen molar-refractivity contribution in [1.82, 2.24) is 4.68 Å². The molecule has 5 rings (SSSR count). The summed E-state index contributed by atoms with van der Waals surface area (Å²) < 4.78 is 24.0. The maximum absolute atomic E-state index is 11.6. The van der Waals surface area contributed by atoms with E-state index >= 15 is 0 Å². The van der Waals surface area contributed by atoms with Crippen LogP contribution in [-0.2, 0) is 0 Å². The van der Waals surface area contributed by atoms with E-state index < -0.39 is 4.92 Å². The molecule has 192 valence electrons. The summed E-state index contributed by atoms with van der Waals surface area (Å²) in [6.07, 6.45) is 1.61. The number of nitro benzene ring substituents is 1. The van der Waals surface area contributed by atoms with Gasteiger partial charge in [-0.3, -0.25) is 10.1 Å². The highest BCUT2D eigenvalue weighted by Crippen LogP contribution is 2.38. The maximum atomic E-state index is 11.6. The van der Waals surface area contributed by atoms with Gasteiger partial charge in [0.1, 0.15) is 17.0 Å². The van der Waals surface area contributed by atoms with Crippen molar-refractivity contribution in [3.63, 3.8) is 0 Å². The van der Waals surface area contributed by atoms with Gasteiger partial charge in [0.2, 0.25) is 10.6 Å². The van der Waals surface area contributed by atoms with Crippen LogP contribution >= 0.6 is 11.3 Å². The third-order valence-electron chi connectivity index (χ3n) is 5.67. The van der Waals surface area contributed by atoms with Gasteiger partial charge in [0.05, 0.1) is 32.5 Å². The van der Waals surface area contributed by atoms with Gasteiger partial charge in [-0.05, 0) is 30.3 Å². The lowest BCUT2D eigenvalue weighted by molar-refractivity contribution is -0.384. The zero-order chi connectivity index (χ0) is 26.6. The van der Waals surface area contributed by atoms with Crippen molar-refractivity contribution in [2.45, 2.75) is 0 Å². The van der Waals surface area contributed by atoms with Crippen molar-refractivity contribution >= 4 is 39.9 Å². The average Bonchev–Trinajstić information content (AvgIpc) is 3.55. The van der Waals surface area contributed by atoms with E-state index in [9.17, 15) is 10.1 Å². The summed E-state index contributed by atoms with van der Waals surface area (Å²) in [5.41, 5.74) is 2.14. The lowest BCUT2D eigenvalue weighted by atomic mass is 10.2. The summed E-state index contributed by atoms with van der Waals surface area (Å²) >= 11 is 1.28. The van der Waals surface area contributed by atoms with E-state index in [-0.39, 0.29) is 11.4 Å². The summed E-state index contributed by atoms with van der Waals surface area (Å²) in [5, 5.41) is 19.0. The Morgan fingerprint density at radius 2 is 1.68 bits per heavy atom. The van der Waals surface area contributed by atoms with Gasteiger partial charge >= 0.3 is 0 Å². The Labute approximate surface area is 220 Å². The number of fused-ring (bicyclic) bond motifs is 1. The molecule has 0 bridgehead atoms. The Kier molecular flexibility index (Phi) is 6.92. The molecule has 2 aromatic heterocycles. The van der Waals surface area contributed by atoms with Crippen LogP contribution in [0.25, 0.3) is 22.4 Å². The first-order chi connectivity index (χ1) is 18.5. The van der Waals surface area contributed by atoms with Gasteiger partial charge in [-0.2, -0.15) is 5.10 Å². The average molecular weight is 531 g/mol. The second kappa shape index (κ2) is 10.6. The maximum Gasteiger partial charge on any atom is 0.294 e. The molecule has 0 saturated carbocycles. The number of thiazole rings is 1. The van der Waals surface area contributed by atoms with E-state index in [0.29, 0.717) is 39.1 Å². The number of ether oxygens (including phenoxy) is 3. The highest BCUT2D eigenvalue weighted by atomic mass is 32.1. The fourth-order valence-corrected chi connectivity index (χ4v) is 4.71. The first-order valence-corrected chi connectivity index (χ1v) is 12.2. The topological polar surface area (TPSA) is 114 Å². The van der Waals surface area contributed by atoms with Crippen molar-refractivity contribution in [2.75, 3.05) is 21.3 Å². The molecule has 0 atom stereocenters. The molecule has 0 radical (unpaired) electrons. The molecule has 0 N–H and O–H groups in total. The molecule has 0 spiro atoms. The molecule has 2 heterocycles. The second-order valence-electron chi connectivity index (χ2n) is 7.92. The molecule has 11 heteroatoms. The van der Waals surface area contributed by atoms with Crippen molar-refractivity contribution in [2.24, 2.45) is 10.1 Å². The van der Waals surface area contributed by atoms with Crippen LogP contribution in [0.5, 0.6) is 17.2 Å². The van der Waals surface area contributed by atoms with E-state index in [4.69, 9.17) is 18.6 Å². The van der Waals surface area contributed by atoms with Gasteiger partial charge in [0, 0.05) is 22.4 Å². The Bertz CT molecular complexity index is 1680. The summed E-state index contributed by atoms with van der Waals surface area (Å²) in [6.45, 7) is 0. The zero-order valence-corrected chi connectivity index (χ0v) is 21.5. The van der Waals surface area contributed by atoms with Crippen LogP contribution in [-0.4, -0.2) is 37.1 Å². The molecule has 0 aliphatic heterocycles. The lowest BCUT2D eigenvalue weighted by Gasteiger charge is -2.12. The minimum absolute atomic E-state index is 0.105. The number of nitrogens with zero attached hydrogens (tertiary/aromatic N) is 4. The minimum atomic E-state index is -0.462. The quantitative estimate of drug-likeness (QED) is 0.138. The molecule has 0 unspecified atom stereocenters. The predicted octanol–water partition coefficient (Wildman–Crippen LogP) is 6.01. The van der Waals surface area contributed by atoms with Crippen molar-refractivity contribution in [3.8, 4) is 28.7 Å². The van der Waals surface area contributed by atoms with Gasteiger partial charge in [0.25, 0.3) is 5.69 Å². The zero-order valence-electron chi connectivity index (χ0n) is 20.7. The van der Waals surface area contributed by atoms with Crippen LogP contribution in [0.2, 0.25) is 0 Å². The van der Waals surface area contributed by atoms with Gasteiger partial charge < -0.3 is 18.6 Å². The first kappa shape index (κ1) is 24.8. The third-order valence-corrected chi connectivity index (χ3v) is 6.48. The summed E-state index contributed by atoms with van der Waals surface area (Å²) in [6, 6.07) is 19.4. The van der Waals surface area contributed by atoms with Gasteiger partial charge in [0.15, 0.2) is 17.3 Å². The first-order valence-electron chi connectivity index (χ1n) is 11.3. The summed E-state index contributed by atoms with van der Waals surface area (Å²) in [4.78, 5) is 16.1. The fourth-order valence-electron chi connectivity index (χ4n) is 3.88. The number of methoxy groups -OCH3 is 3. The highest BCUT2D eigenvalue weighted by Gasteiger charge is 2.16. The van der Waals surface area contributed by atoms with Crippen LogP contribution in [0.1, 0.15) is 5.56 Å². The smallest absolute Gasteiger partial charge is 0.294 e. The fraction of sp³-hybridized carbons (Fsp3) is 0.111. The van der Waals surface area contributed by atoms with Crippen LogP contribution in [0.15, 0.2) is 86.6 Å². The Morgan fingerprint density at radius 1 is 0.974 bits per heavy atom.